The van der Waals surface area contributed by atoms with Crippen LogP contribution < -0.4 is 0 Å². The van der Waals surface area contributed by atoms with E-state index >= 15 is 0 Å². The second-order valence-corrected chi connectivity index (χ2v) is 18.3. The van der Waals surface area contributed by atoms with Gasteiger partial charge in [-0.05, 0) is 129 Å². The van der Waals surface area contributed by atoms with Gasteiger partial charge in [-0.3, -0.25) is 19.6 Å². The Morgan fingerprint density at radius 1 is 0.776 bits per heavy atom. The van der Waals surface area contributed by atoms with E-state index < -0.39 is 29.3 Å². The van der Waals surface area contributed by atoms with Crippen LogP contribution in [-0.2, 0) is 36.7 Å². The standard InChI is InChI=1S/C24H31NO4.C14H23NO3.C10H8O/c1-5-29-22(27)20(21(26)17-11-10-14-8-6-7-9-16(14)17)25-19-13-15-12-18(23(15,2)3)24(19,4)28;1-5-18-12(16)8-15-11-7-9-6-10(13(9,2)3)14(11,4)17;11-7-9-6-5-8-3-1-2-4-10(8)9/h6-9,11,15,18,20-21,26,28H,5,10,12-13H2,1-4H3;9-10,17H,5-8H2,1-4H3;1-4,6-7H,5H2/t15-,18-,20-,21-,24-;9-,10-,14-;/m00./s1. The number of ether oxygens (including phenoxy) is 2. The lowest BCUT2D eigenvalue weighted by molar-refractivity contribution is -0.147. The van der Waals surface area contributed by atoms with E-state index in [0.717, 1.165) is 66.4 Å². The number of carbonyl (C=O) groups excluding carboxylic acids is 3. The second kappa shape index (κ2) is 16.8. The van der Waals surface area contributed by atoms with Crippen LogP contribution >= 0.6 is 0 Å². The minimum absolute atomic E-state index is 0.0270. The molecule has 6 saturated carbocycles. The highest BCUT2D eigenvalue weighted by Crippen LogP contribution is 2.62. The lowest BCUT2D eigenvalue weighted by Crippen LogP contribution is -2.65. The molecule has 312 valence electrons. The summed E-state index contributed by atoms with van der Waals surface area (Å²) in [5.41, 5.74) is 5.67. The quantitative estimate of drug-likeness (QED) is 0.185. The number of rotatable bonds is 9. The summed E-state index contributed by atoms with van der Waals surface area (Å²) in [6.45, 7) is 16.6. The van der Waals surface area contributed by atoms with Gasteiger partial charge >= 0.3 is 11.9 Å². The Morgan fingerprint density at radius 2 is 1.29 bits per heavy atom. The largest absolute Gasteiger partial charge is 0.465 e. The first-order valence-corrected chi connectivity index (χ1v) is 21.0. The highest BCUT2D eigenvalue weighted by atomic mass is 16.5. The first-order valence-electron chi connectivity index (χ1n) is 21.0. The maximum absolute atomic E-state index is 12.8. The van der Waals surface area contributed by atoms with Crippen LogP contribution in [-0.4, -0.2) is 88.1 Å². The fraction of sp³-hybridized carbons (Fsp3) is 0.562. The van der Waals surface area contributed by atoms with Crippen molar-refractivity contribution in [2.45, 2.75) is 117 Å². The zero-order valence-corrected chi connectivity index (χ0v) is 35.5. The number of allylic oxidation sites excluding steroid dienone is 3. The number of aliphatic imine (C=N–C) groups is 2. The SMILES string of the molecule is CCOC(=O)CN=C1C[C@@H]2C[C@@H](C2(C)C)[C@]1(C)O.CCOC(=O)[C@@H](N=C1C[C@@H]2C[C@@H](C2(C)C)[C@]1(C)O)[C@@H](O)C1=CCc2ccccc21.O=CC1=CCc2ccccc21. The van der Waals surface area contributed by atoms with Crippen LogP contribution in [0.25, 0.3) is 11.1 Å². The fourth-order valence-corrected chi connectivity index (χ4v) is 10.5. The van der Waals surface area contributed by atoms with Crippen molar-refractivity contribution in [1.29, 1.82) is 0 Å². The van der Waals surface area contributed by atoms with Gasteiger partial charge in [0.15, 0.2) is 6.04 Å². The lowest BCUT2D eigenvalue weighted by atomic mass is 9.44. The summed E-state index contributed by atoms with van der Waals surface area (Å²) in [6.07, 6.45) is 8.87. The van der Waals surface area contributed by atoms with Crippen molar-refractivity contribution in [3.63, 3.8) is 0 Å². The number of esters is 2. The third-order valence-electron chi connectivity index (χ3n) is 14.4. The summed E-state index contributed by atoms with van der Waals surface area (Å²) in [5, 5.41) is 33.1. The van der Waals surface area contributed by atoms with Gasteiger partial charge in [0.1, 0.15) is 30.1 Å². The Labute approximate surface area is 343 Å². The summed E-state index contributed by atoms with van der Waals surface area (Å²) >= 11 is 0. The Balaban J connectivity index is 0.000000165. The van der Waals surface area contributed by atoms with Gasteiger partial charge < -0.3 is 24.8 Å². The summed E-state index contributed by atoms with van der Waals surface area (Å²) in [6, 6.07) is 14.8. The van der Waals surface area contributed by atoms with Crippen LogP contribution in [0.3, 0.4) is 0 Å². The molecule has 0 saturated heterocycles. The number of nitrogens with zero attached hydrogens (tertiary/aromatic N) is 2. The third-order valence-corrected chi connectivity index (χ3v) is 14.4. The van der Waals surface area contributed by atoms with Crippen LogP contribution in [0, 0.1) is 34.5 Å². The zero-order chi connectivity index (χ0) is 42.2. The second-order valence-electron chi connectivity index (χ2n) is 18.3. The molecule has 0 unspecified atom stereocenters. The van der Waals surface area contributed by atoms with Crippen LogP contribution in [0.2, 0.25) is 0 Å². The molecular weight excluding hydrogens is 733 g/mol. The van der Waals surface area contributed by atoms with Crippen molar-refractivity contribution >= 4 is 40.8 Å². The van der Waals surface area contributed by atoms with Crippen LogP contribution in [0.15, 0.2) is 70.7 Å². The van der Waals surface area contributed by atoms with E-state index in [0.29, 0.717) is 36.1 Å². The molecule has 0 radical (unpaired) electrons. The van der Waals surface area contributed by atoms with E-state index in [1.165, 1.54) is 5.56 Å². The number of benzene rings is 2. The molecule has 0 heterocycles. The molecule has 2 aromatic carbocycles. The van der Waals surface area contributed by atoms with Crippen molar-refractivity contribution in [2.24, 2.45) is 44.5 Å². The highest BCUT2D eigenvalue weighted by molar-refractivity contribution is 6.09. The van der Waals surface area contributed by atoms with Gasteiger partial charge in [0.25, 0.3) is 0 Å². The molecule has 0 spiro atoms. The monoisotopic (exact) mass is 794 g/mol. The van der Waals surface area contributed by atoms with Crippen LogP contribution in [0.4, 0.5) is 0 Å². The van der Waals surface area contributed by atoms with Gasteiger partial charge in [-0.2, -0.15) is 0 Å². The zero-order valence-electron chi connectivity index (χ0n) is 35.5. The average molecular weight is 795 g/mol. The lowest BCUT2D eigenvalue weighted by Gasteiger charge is -2.62. The summed E-state index contributed by atoms with van der Waals surface area (Å²) < 4.78 is 10.1. The summed E-state index contributed by atoms with van der Waals surface area (Å²) in [5.74, 6) is 0.525. The molecule has 0 aliphatic heterocycles. The molecule has 10 heteroatoms. The summed E-state index contributed by atoms with van der Waals surface area (Å²) in [7, 11) is 0. The van der Waals surface area contributed by atoms with Crippen molar-refractivity contribution in [1.82, 2.24) is 0 Å². The Hall–Kier alpha value is -4.25. The molecule has 0 aromatic heterocycles. The summed E-state index contributed by atoms with van der Waals surface area (Å²) in [4.78, 5) is 43.5. The highest BCUT2D eigenvalue weighted by Gasteiger charge is 2.63. The molecule has 3 N–H and O–H groups in total. The Bertz CT molecular complexity index is 2020. The van der Waals surface area contributed by atoms with E-state index in [-0.39, 0.29) is 41.8 Å². The van der Waals surface area contributed by atoms with Crippen molar-refractivity contribution in [3.8, 4) is 0 Å². The minimum atomic E-state index is -1.10. The van der Waals surface area contributed by atoms with Crippen molar-refractivity contribution < 1.29 is 39.2 Å². The number of carbonyl (C=O) groups is 3. The van der Waals surface area contributed by atoms with E-state index in [2.05, 4.69) is 43.7 Å². The molecule has 10 rings (SSSR count). The molecule has 8 aliphatic carbocycles. The smallest absolute Gasteiger partial charge is 0.333 e. The van der Waals surface area contributed by atoms with Gasteiger partial charge in [0.05, 0.1) is 13.2 Å². The van der Waals surface area contributed by atoms with Gasteiger partial charge in [0.2, 0.25) is 0 Å². The molecule has 8 aliphatic rings. The molecule has 6 fully saturated rings. The molecule has 4 bridgehead atoms. The minimum Gasteiger partial charge on any atom is -0.465 e. The molecule has 58 heavy (non-hydrogen) atoms. The molecular formula is C48H62N2O8. The first kappa shape index (κ1) is 43.3. The van der Waals surface area contributed by atoms with E-state index in [1.54, 1.807) is 20.8 Å². The van der Waals surface area contributed by atoms with E-state index in [4.69, 9.17) is 9.47 Å². The molecule has 2 aromatic rings. The number of hydrogen-bond donors (Lipinski definition) is 3. The van der Waals surface area contributed by atoms with Gasteiger partial charge in [-0.1, -0.05) is 88.4 Å². The Kier molecular flexibility index (Phi) is 12.5. The van der Waals surface area contributed by atoms with Crippen molar-refractivity contribution in [2.75, 3.05) is 19.8 Å². The van der Waals surface area contributed by atoms with Crippen LogP contribution in [0.1, 0.15) is 103 Å². The molecule has 0 amide bonds. The van der Waals surface area contributed by atoms with E-state index in [1.807, 2.05) is 61.5 Å². The number of fused-ring (bicyclic) bond motifs is 6. The molecule has 8 atom stereocenters. The van der Waals surface area contributed by atoms with Gasteiger partial charge in [0, 0.05) is 17.0 Å². The van der Waals surface area contributed by atoms with Gasteiger partial charge in [-0.15, -0.1) is 0 Å². The van der Waals surface area contributed by atoms with E-state index in [9.17, 15) is 29.7 Å². The number of hydrogen-bond acceptors (Lipinski definition) is 10. The average Bonchev–Trinajstić information content (AvgIpc) is 3.81. The maximum atomic E-state index is 12.8. The number of aliphatic hydroxyl groups excluding tert-OH is 1. The maximum Gasteiger partial charge on any atom is 0.333 e. The van der Waals surface area contributed by atoms with Crippen molar-refractivity contribution in [3.05, 3.63) is 82.9 Å². The Morgan fingerprint density at radius 3 is 1.83 bits per heavy atom. The molecule has 10 nitrogen and oxygen atoms in total. The topological polar surface area (TPSA) is 155 Å². The first-order chi connectivity index (χ1) is 27.4. The predicted octanol–water partition coefficient (Wildman–Crippen LogP) is 6.81. The van der Waals surface area contributed by atoms with Crippen LogP contribution in [0.5, 0.6) is 0 Å². The fourth-order valence-electron chi connectivity index (χ4n) is 10.5. The normalized spacial score (nSPS) is 31.2. The van der Waals surface area contributed by atoms with Gasteiger partial charge in [-0.25, -0.2) is 4.79 Å². The number of aldehydes is 1. The number of aliphatic hydroxyl groups is 3. The predicted molar refractivity (Wildman–Crippen MR) is 226 cm³/mol. The third kappa shape index (κ3) is 8.04.